The highest BCUT2D eigenvalue weighted by Crippen LogP contribution is 2.29. The molecule has 1 aliphatic heterocycles. The first kappa shape index (κ1) is 22.8. The van der Waals surface area contributed by atoms with E-state index in [2.05, 4.69) is 4.90 Å². The maximum Gasteiger partial charge on any atom is 0.258 e. The molecule has 1 fully saturated rings. The van der Waals surface area contributed by atoms with Crippen molar-refractivity contribution in [2.75, 3.05) is 32.2 Å². The van der Waals surface area contributed by atoms with Crippen LogP contribution in [0, 0.1) is 5.82 Å². The van der Waals surface area contributed by atoms with Crippen LogP contribution >= 0.6 is 0 Å². The van der Waals surface area contributed by atoms with Crippen molar-refractivity contribution in [3.8, 4) is 11.5 Å². The minimum atomic E-state index is -0.172. The number of carbonyl (C=O) groups excluding carboxylic acids is 1. The van der Waals surface area contributed by atoms with Crippen LogP contribution in [0.4, 0.5) is 10.1 Å². The molecule has 6 heteroatoms. The van der Waals surface area contributed by atoms with Gasteiger partial charge in [-0.25, -0.2) is 4.39 Å². The summed E-state index contributed by atoms with van der Waals surface area (Å²) in [6.07, 6.45) is 1.62. The molecule has 0 spiro atoms. The molecule has 1 saturated heterocycles. The Bertz CT molecular complexity index is 1060. The summed E-state index contributed by atoms with van der Waals surface area (Å²) in [6.45, 7) is 2.16. The maximum atomic E-state index is 14.1. The predicted molar refractivity (Wildman–Crippen MR) is 127 cm³/mol. The fraction of sp³-hybridized carbons (Fsp3) is 0.296. The van der Waals surface area contributed by atoms with E-state index < -0.39 is 0 Å². The van der Waals surface area contributed by atoms with Gasteiger partial charge in [-0.2, -0.15) is 0 Å². The molecule has 0 unspecified atom stereocenters. The molecule has 4 rings (SSSR count). The first-order chi connectivity index (χ1) is 16.1. The second kappa shape index (κ2) is 10.5. The van der Waals surface area contributed by atoms with Gasteiger partial charge in [-0.15, -0.1) is 0 Å². The average Bonchev–Trinajstić information content (AvgIpc) is 2.87. The molecule has 5 nitrogen and oxygen atoms in total. The molecule has 172 valence electrons. The molecule has 33 heavy (non-hydrogen) atoms. The molecule has 1 aliphatic rings. The standard InChI is InChI=1S/C27H29FN2O3/c1-32-24-11-7-20(8-12-24)27(31)30(22-9-13-25(33-2)14-10-22)23-15-17-29(18-16-23)19-21-5-3-4-6-26(21)28/h3-14,23H,15-19H2,1-2H3. The van der Waals surface area contributed by atoms with E-state index in [4.69, 9.17) is 9.47 Å². The van der Waals surface area contributed by atoms with Gasteiger partial charge in [0.1, 0.15) is 17.3 Å². The van der Waals surface area contributed by atoms with Gasteiger partial charge in [0.25, 0.3) is 5.91 Å². The molecule has 3 aromatic carbocycles. The van der Waals surface area contributed by atoms with E-state index in [-0.39, 0.29) is 17.8 Å². The minimum absolute atomic E-state index is 0.0460. The smallest absolute Gasteiger partial charge is 0.258 e. The topological polar surface area (TPSA) is 42.0 Å². The number of hydrogen-bond acceptors (Lipinski definition) is 4. The van der Waals surface area contributed by atoms with Gasteiger partial charge in [-0.1, -0.05) is 18.2 Å². The van der Waals surface area contributed by atoms with Gasteiger partial charge in [0, 0.05) is 42.5 Å². The average molecular weight is 449 g/mol. The molecular weight excluding hydrogens is 419 g/mol. The van der Waals surface area contributed by atoms with E-state index in [1.807, 2.05) is 41.3 Å². The molecule has 0 bridgehead atoms. The molecule has 0 N–H and O–H groups in total. The first-order valence-electron chi connectivity index (χ1n) is 11.2. The van der Waals surface area contributed by atoms with Crippen molar-refractivity contribution in [1.29, 1.82) is 0 Å². The molecular formula is C27H29FN2O3. The Kier molecular flexibility index (Phi) is 7.25. The summed E-state index contributed by atoms with van der Waals surface area (Å²) < 4.78 is 24.6. The molecule has 1 heterocycles. The molecule has 0 aliphatic carbocycles. The maximum absolute atomic E-state index is 14.1. The molecule has 0 saturated carbocycles. The van der Waals surface area contributed by atoms with E-state index in [1.165, 1.54) is 6.07 Å². The van der Waals surface area contributed by atoms with Gasteiger partial charge in [0.05, 0.1) is 14.2 Å². The van der Waals surface area contributed by atoms with Crippen molar-refractivity contribution >= 4 is 11.6 Å². The van der Waals surface area contributed by atoms with Crippen molar-refractivity contribution in [3.05, 3.63) is 89.7 Å². The van der Waals surface area contributed by atoms with E-state index in [9.17, 15) is 9.18 Å². The lowest BCUT2D eigenvalue weighted by Gasteiger charge is -2.38. The van der Waals surface area contributed by atoms with Gasteiger partial charge >= 0.3 is 0 Å². The van der Waals surface area contributed by atoms with E-state index in [0.717, 1.165) is 37.4 Å². The van der Waals surface area contributed by atoms with Crippen molar-refractivity contribution < 1.29 is 18.7 Å². The van der Waals surface area contributed by atoms with Crippen LogP contribution in [0.25, 0.3) is 0 Å². The van der Waals surface area contributed by atoms with Crippen LogP contribution in [-0.4, -0.2) is 44.2 Å². The Morgan fingerprint density at radius 3 is 2.06 bits per heavy atom. The summed E-state index contributed by atoms with van der Waals surface area (Å²) in [5.41, 5.74) is 2.15. The Balaban J connectivity index is 1.53. The van der Waals surface area contributed by atoms with Crippen molar-refractivity contribution in [2.24, 2.45) is 0 Å². The minimum Gasteiger partial charge on any atom is -0.497 e. The highest BCUT2D eigenvalue weighted by Gasteiger charge is 2.30. The number of hydrogen-bond donors (Lipinski definition) is 0. The van der Waals surface area contributed by atoms with Crippen LogP contribution in [0.2, 0.25) is 0 Å². The Hall–Kier alpha value is -3.38. The number of carbonyl (C=O) groups is 1. The zero-order valence-electron chi connectivity index (χ0n) is 19.0. The Morgan fingerprint density at radius 2 is 1.48 bits per heavy atom. The zero-order valence-corrected chi connectivity index (χ0v) is 19.0. The monoisotopic (exact) mass is 448 g/mol. The fourth-order valence-corrected chi connectivity index (χ4v) is 4.31. The number of halogens is 1. The highest BCUT2D eigenvalue weighted by molar-refractivity contribution is 6.06. The third kappa shape index (κ3) is 5.34. The quantitative estimate of drug-likeness (QED) is 0.501. The van der Waals surface area contributed by atoms with Gasteiger partial charge in [0.2, 0.25) is 0 Å². The van der Waals surface area contributed by atoms with Crippen molar-refractivity contribution in [1.82, 2.24) is 4.90 Å². The normalized spacial score (nSPS) is 14.6. The second-order valence-corrected chi connectivity index (χ2v) is 8.20. The lowest BCUT2D eigenvalue weighted by atomic mass is 10.00. The van der Waals surface area contributed by atoms with Gasteiger partial charge < -0.3 is 14.4 Å². The van der Waals surface area contributed by atoms with Crippen LogP contribution < -0.4 is 14.4 Å². The number of ether oxygens (including phenoxy) is 2. The van der Waals surface area contributed by atoms with Gasteiger partial charge in [0.15, 0.2) is 0 Å². The largest absolute Gasteiger partial charge is 0.497 e. The van der Waals surface area contributed by atoms with Crippen LogP contribution in [0.3, 0.4) is 0 Å². The molecule has 0 radical (unpaired) electrons. The van der Waals surface area contributed by atoms with Crippen molar-refractivity contribution in [2.45, 2.75) is 25.4 Å². The van der Waals surface area contributed by atoms with Crippen LogP contribution in [-0.2, 0) is 6.54 Å². The van der Waals surface area contributed by atoms with Gasteiger partial charge in [-0.3, -0.25) is 9.69 Å². The van der Waals surface area contributed by atoms with Crippen LogP contribution in [0.5, 0.6) is 11.5 Å². The summed E-state index contributed by atoms with van der Waals surface area (Å²) in [6, 6.07) is 21.7. The predicted octanol–water partition coefficient (Wildman–Crippen LogP) is 5.15. The highest BCUT2D eigenvalue weighted by atomic mass is 19.1. The summed E-state index contributed by atoms with van der Waals surface area (Å²) >= 11 is 0. The number of nitrogens with zero attached hydrogens (tertiary/aromatic N) is 2. The third-order valence-electron chi connectivity index (χ3n) is 6.18. The number of benzene rings is 3. The second-order valence-electron chi connectivity index (χ2n) is 8.20. The molecule has 3 aromatic rings. The van der Waals surface area contributed by atoms with Crippen molar-refractivity contribution in [3.63, 3.8) is 0 Å². The summed E-state index contributed by atoms with van der Waals surface area (Å²) in [5.74, 6) is 1.24. The molecule has 0 atom stereocenters. The zero-order chi connectivity index (χ0) is 23.2. The third-order valence-corrected chi connectivity index (χ3v) is 6.18. The number of amides is 1. The SMILES string of the molecule is COc1ccc(C(=O)N(c2ccc(OC)cc2)C2CCN(Cc3ccccc3F)CC2)cc1. The number of likely N-dealkylation sites (tertiary alicyclic amines) is 1. The fourth-order valence-electron chi connectivity index (χ4n) is 4.31. The van der Waals surface area contributed by atoms with Crippen LogP contribution in [0.1, 0.15) is 28.8 Å². The van der Waals surface area contributed by atoms with E-state index >= 15 is 0 Å². The van der Waals surface area contributed by atoms with E-state index in [0.29, 0.717) is 23.4 Å². The number of anilines is 1. The number of rotatable bonds is 7. The Labute approximate surface area is 194 Å². The molecule has 1 amide bonds. The summed E-state index contributed by atoms with van der Waals surface area (Å²) in [5, 5.41) is 0. The number of piperidine rings is 1. The lowest BCUT2D eigenvalue weighted by Crippen LogP contribution is -2.47. The summed E-state index contributed by atoms with van der Waals surface area (Å²) in [7, 11) is 3.23. The van der Waals surface area contributed by atoms with Crippen LogP contribution in [0.15, 0.2) is 72.8 Å². The molecule has 0 aromatic heterocycles. The van der Waals surface area contributed by atoms with Gasteiger partial charge in [-0.05, 0) is 67.4 Å². The lowest BCUT2D eigenvalue weighted by molar-refractivity contribution is 0.0958. The summed E-state index contributed by atoms with van der Waals surface area (Å²) in [4.78, 5) is 17.7. The van der Waals surface area contributed by atoms with E-state index in [1.54, 1.807) is 44.6 Å². The Morgan fingerprint density at radius 1 is 0.909 bits per heavy atom. The number of methoxy groups -OCH3 is 2. The first-order valence-corrected chi connectivity index (χ1v) is 11.2.